The summed E-state index contributed by atoms with van der Waals surface area (Å²) < 4.78 is 5.26. The summed E-state index contributed by atoms with van der Waals surface area (Å²) in [5.41, 5.74) is 7.12. The Morgan fingerprint density at radius 2 is 2.04 bits per heavy atom. The molecule has 0 radical (unpaired) electrons. The first-order chi connectivity index (χ1) is 10.7. The van der Waals surface area contributed by atoms with Crippen LogP contribution in [0.15, 0.2) is 24.3 Å². The van der Waals surface area contributed by atoms with E-state index in [-0.39, 0.29) is 24.4 Å². The maximum Gasteiger partial charge on any atom is 0.239 e. The van der Waals surface area contributed by atoms with Gasteiger partial charge in [0.15, 0.2) is 0 Å². The Morgan fingerprint density at radius 3 is 2.65 bits per heavy atom. The molecule has 1 heterocycles. The van der Waals surface area contributed by atoms with Gasteiger partial charge < -0.3 is 20.3 Å². The Balaban J connectivity index is 0.00000264. The van der Waals surface area contributed by atoms with Crippen molar-refractivity contribution >= 4 is 35.8 Å². The van der Waals surface area contributed by atoms with Gasteiger partial charge in [0.1, 0.15) is 5.75 Å². The van der Waals surface area contributed by atoms with E-state index in [0.717, 1.165) is 49.8 Å². The molecule has 1 aliphatic rings. The number of rotatable bonds is 6. The van der Waals surface area contributed by atoms with E-state index in [4.69, 9.17) is 10.5 Å². The van der Waals surface area contributed by atoms with Gasteiger partial charge in [0, 0.05) is 37.9 Å². The van der Waals surface area contributed by atoms with Crippen molar-refractivity contribution in [1.82, 2.24) is 4.90 Å². The predicted molar refractivity (Wildman–Crippen MR) is 100 cm³/mol. The fraction of sp³-hybridized carbons (Fsp3) is 0.562. The van der Waals surface area contributed by atoms with E-state index in [1.807, 2.05) is 29.4 Å². The third kappa shape index (κ3) is 5.48. The summed E-state index contributed by atoms with van der Waals surface area (Å²) in [6.07, 6.45) is 2.78. The Labute approximate surface area is 148 Å². The van der Waals surface area contributed by atoms with Crippen LogP contribution in [0.25, 0.3) is 0 Å². The number of hydrogen-bond donors (Lipinski definition) is 1. The second-order valence-corrected chi connectivity index (χ2v) is 6.39. The van der Waals surface area contributed by atoms with Crippen LogP contribution in [0, 0.1) is 0 Å². The third-order valence-electron chi connectivity index (χ3n) is 3.96. The lowest BCUT2D eigenvalue weighted by molar-refractivity contribution is -0.132. The average Bonchev–Trinajstić information content (AvgIpc) is 2.59. The predicted octanol–water partition coefficient (Wildman–Crippen LogP) is 1.85. The van der Waals surface area contributed by atoms with Gasteiger partial charge in [0.25, 0.3) is 0 Å². The first-order valence-corrected chi connectivity index (χ1v) is 8.97. The quantitative estimate of drug-likeness (QED) is 0.840. The highest BCUT2D eigenvalue weighted by atomic mass is 35.5. The molecule has 1 fully saturated rings. The smallest absolute Gasteiger partial charge is 0.239 e. The number of carbonyl (C=O) groups is 1. The standard InChI is InChI=1S/C16H25N3O2S.ClH/c1-21-14-5-3-4-13(12-14)18-7-9-19(10-8-18)16(20)15(17)6-11-22-2;/h3-5,12,15H,6-11,17H2,1-2H3;1H/t15-;/m0./s1. The van der Waals surface area contributed by atoms with Crippen molar-refractivity contribution in [2.45, 2.75) is 12.5 Å². The second-order valence-electron chi connectivity index (χ2n) is 5.40. The maximum atomic E-state index is 12.3. The lowest BCUT2D eigenvalue weighted by Gasteiger charge is -2.37. The molecule has 0 aromatic heterocycles. The highest BCUT2D eigenvalue weighted by Crippen LogP contribution is 2.22. The van der Waals surface area contributed by atoms with Crippen molar-refractivity contribution in [3.8, 4) is 5.75 Å². The number of amides is 1. The van der Waals surface area contributed by atoms with Gasteiger partial charge in [-0.05, 0) is 30.6 Å². The molecule has 1 saturated heterocycles. The molecule has 0 spiro atoms. The zero-order valence-electron chi connectivity index (χ0n) is 13.7. The number of benzene rings is 1. The summed E-state index contributed by atoms with van der Waals surface area (Å²) in [6, 6.07) is 7.67. The van der Waals surface area contributed by atoms with Crippen LogP contribution < -0.4 is 15.4 Å². The lowest BCUT2D eigenvalue weighted by Crippen LogP contribution is -2.53. The highest BCUT2D eigenvalue weighted by molar-refractivity contribution is 7.98. The zero-order chi connectivity index (χ0) is 15.9. The summed E-state index contributed by atoms with van der Waals surface area (Å²) in [5.74, 6) is 1.87. The first-order valence-electron chi connectivity index (χ1n) is 7.58. The van der Waals surface area contributed by atoms with E-state index < -0.39 is 0 Å². The monoisotopic (exact) mass is 359 g/mol. The van der Waals surface area contributed by atoms with Gasteiger partial charge in [0.2, 0.25) is 5.91 Å². The fourth-order valence-corrected chi connectivity index (χ4v) is 3.08. The number of nitrogens with two attached hydrogens (primary N) is 1. The molecule has 1 atom stereocenters. The molecule has 1 aromatic carbocycles. The number of halogens is 1. The van der Waals surface area contributed by atoms with Crippen LogP contribution in [0.1, 0.15) is 6.42 Å². The molecule has 0 unspecified atom stereocenters. The number of anilines is 1. The van der Waals surface area contributed by atoms with Gasteiger partial charge in [-0.3, -0.25) is 4.79 Å². The van der Waals surface area contributed by atoms with E-state index in [9.17, 15) is 4.79 Å². The first kappa shape index (κ1) is 19.9. The zero-order valence-corrected chi connectivity index (χ0v) is 15.4. The van der Waals surface area contributed by atoms with E-state index in [1.54, 1.807) is 18.9 Å². The molecule has 5 nitrogen and oxygen atoms in total. The molecule has 0 bridgehead atoms. The van der Waals surface area contributed by atoms with E-state index in [2.05, 4.69) is 11.0 Å². The molecule has 2 rings (SSSR count). The minimum Gasteiger partial charge on any atom is -0.497 e. The van der Waals surface area contributed by atoms with Gasteiger partial charge in [-0.2, -0.15) is 11.8 Å². The number of carbonyl (C=O) groups excluding carboxylic acids is 1. The summed E-state index contributed by atoms with van der Waals surface area (Å²) in [5, 5.41) is 0. The Morgan fingerprint density at radius 1 is 1.35 bits per heavy atom. The Kier molecular flexibility index (Phi) is 8.58. The molecule has 0 aliphatic carbocycles. The van der Waals surface area contributed by atoms with Crippen molar-refractivity contribution in [3.63, 3.8) is 0 Å². The summed E-state index contributed by atoms with van der Waals surface area (Å²) in [7, 11) is 1.67. The number of ether oxygens (including phenoxy) is 1. The Hall–Kier alpha value is -1.11. The van der Waals surface area contributed by atoms with E-state index >= 15 is 0 Å². The van der Waals surface area contributed by atoms with Crippen LogP contribution in [0.2, 0.25) is 0 Å². The van der Waals surface area contributed by atoms with Crippen LogP contribution in [0.5, 0.6) is 5.75 Å². The lowest BCUT2D eigenvalue weighted by atomic mass is 10.2. The molecule has 1 amide bonds. The van der Waals surface area contributed by atoms with Crippen molar-refractivity contribution in [2.24, 2.45) is 5.73 Å². The minimum absolute atomic E-state index is 0. The fourth-order valence-electron chi connectivity index (χ4n) is 2.60. The third-order valence-corrected chi connectivity index (χ3v) is 4.60. The van der Waals surface area contributed by atoms with E-state index in [0.29, 0.717) is 0 Å². The molecule has 7 heteroatoms. The second kappa shape index (κ2) is 9.90. The number of nitrogens with zero attached hydrogens (tertiary/aromatic N) is 2. The largest absolute Gasteiger partial charge is 0.497 e. The molecule has 1 aromatic rings. The minimum atomic E-state index is -0.365. The van der Waals surface area contributed by atoms with Gasteiger partial charge in [0.05, 0.1) is 13.2 Å². The van der Waals surface area contributed by atoms with Gasteiger partial charge in [-0.15, -0.1) is 12.4 Å². The molecule has 0 saturated carbocycles. The number of hydrogen-bond acceptors (Lipinski definition) is 5. The number of piperazine rings is 1. The van der Waals surface area contributed by atoms with Crippen molar-refractivity contribution < 1.29 is 9.53 Å². The average molecular weight is 360 g/mol. The summed E-state index contributed by atoms with van der Waals surface area (Å²) in [4.78, 5) is 16.5. The maximum absolute atomic E-state index is 12.3. The van der Waals surface area contributed by atoms with Crippen LogP contribution in [0.3, 0.4) is 0 Å². The van der Waals surface area contributed by atoms with Crippen LogP contribution >= 0.6 is 24.2 Å². The molecule has 2 N–H and O–H groups in total. The normalized spacial score (nSPS) is 15.8. The highest BCUT2D eigenvalue weighted by Gasteiger charge is 2.25. The Bertz CT molecular complexity index is 496. The van der Waals surface area contributed by atoms with Gasteiger partial charge >= 0.3 is 0 Å². The van der Waals surface area contributed by atoms with Gasteiger partial charge in [-0.1, -0.05) is 6.07 Å². The molecule has 130 valence electrons. The topological polar surface area (TPSA) is 58.8 Å². The summed E-state index contributed by atoms with van der Waals surface area (Å²) in [6.45, 7) is 3.11. The van der Waals surface area contributed by atoms with E-state index in [1.165, 1.54) is 0 Å². The van der Waals surface area contributed by atoms with Crippen LogP contribution in [0.4, 0.5) is 5.69 Å². The van der Waals surface area contributed by atoms with Crippen LogP contribution in [-0.2, 0) is 4.79 Å². The van der Waals surface area contributed by atoms with Crippen molar-refractivity contribution in [2.75, 3.05) is 50.2 Å². The van der Waals surface area contributed by atoms with Crippen LogP contribution in [-0.4, -0.2) is 62.1 Å². The molecular formula is C16H26ClN3O2S. The number of thioether (sulfide) groups is 1. The van der Waals surface area contributed by atoms with Crippen molar-refractivity contribution in [1.29, 1.82) is 0 Å². The SMILES string of the molecule is COc1cccc(N2CCN(C(=O)[C@@H](N)CCSC)CC2)c1.Cl. The molecule has 23 heavy (non-hydrogen) atoms. The molecule has 1 aliphatic heterocycles. The van der Waals surface area contributed by atoms with Gasteiger partial charge in [-0.25, -0.2) is 0 Å². The summed E-state index contributed by atoms with van der Waals surface area (Å²) >= 11 is 1.72. The molecular weight excluding hydrogens is 334 g/mol. The number of methoxy groups -OCH3 is 1. The van der Waals surface area contributed by atoms with Crippen molar-refractivity contribution in [3.05, 3.63) is 24.3 Å².